The monoisotopic (exact) mass is 339 g/mol. The van der Waals surface area contributed by atoms with Gasteiger partial charge in [-0.15, -0.1) is 0 Å². The average Bonchev–Trinajstić information content (AvgIpc) is 2.89. The highest BCUT2D eigenvalue weighted by atomic mass is 35.5. The maximum absolute atomic E-state index is 12.7. The molecule has 0 spiro atoms. The summed E-state index contributed by atoms with van der Waals surface area (Å²) < 4.78 is 26.7. The van der Waals surface area contributed by atoms with Crippen LogP contribution in [0.5, 0.6) is 0 Å². The number of rotatable bonds is 2. The van der Waals surface area contributed by atoms with Gasteiger partial charge in [0.1, 0.15) is 0 Å². The molecule has 3 rings (SSSR count). The number of halogens is 2. The lowest BCUT2D eigenvalue weighted by atomic mass is 10.2. The van der Waals surface area contributed by atoms with E-state index in [1.54, 1.807) is 42.5 Å². The molecule has 0 radical (unpaired) electrons. The van der Waals surface area contributed by atoms with Crippen LogP contribution in [0.3, 0.4) is 0 Å². The Kier molecular flexibility index (Phi) is 3.48. The maximum atomic E-state index is 12.7. The third kappa shape index (κ3) is 2.33. The molecule has 0 atom stereocenters. The summed E-state index contributed by atoms with van der Waals surface area (Å²) in [7, 11) is -3.70. The molecule has 0 N–H and O–H groups in total. The first-order valence-electron chi connectivity index (χ1n) is 6.18. The highest BCUT2D eigenvalue weighted by Crippen LogP contribution is 2.33. The van der Waals surface area contributed by atoms with Gasteiger partial charge < -0.3 is 0 Å². The van der Waals surface area contributed by atoms with Crippen LogP contribution in [-0.2, 0) is 10.0 Å². The molecule has 0 amide bonds. The number of benzene rings is 2. The zero-order chi connectivity index (χ0) is 15.2. The van der Waals surface area contributed by atoms with Gasteiger partial charge in [-0.3, -0.25) is 0 Å². The fourth-order valence-corrected chi connectivity index (χ4v) is 3.99. The third-order valence-corrected chi connectivity index (χ3v) is 5.77. The van der Waals surface area contributed by atoms with Crippen LogP contribution in [0.15, 0.2) is 53.6 Å². The van der Waals surface area contributed by atoms with Crippen molar-refractivity contribution in [3.8, 4) is 0 Å². The van der Waals surface area contributed by atoms with E-state index in [2.05, 4.69) is 0 Å². The summed E-state index contributed by atoms with van der Waals surface area (Å²) >= 11 is 12.2. The second kappa shape index (κ2) is 5.05. The van der Waals surface area contributed by atoms with Gasteiger partial charge in [-0.25, -0.2) is 12.4 Å². The molecular formula is C15H11Cl2NO2S. The van der Waals surface area contributed by atoms with Crippen LogP contribution < -0.4 is 0 Å². The fraction of sp³-hybridized carbons (Fsp3) is 0.0667. The molecular weight excluding hydrogens is 329 g/mol. The first kappa shape index (κ1) is 14.4. The Morgan fingerprint density at radius 2 is 1.62 bits per heavy atom. The number of fused-ring (bicyclic) bond motifs is 1. The lowest BCUT2D eigenvalue weighted by Gasteiger charge is -2.09. The second-order valence-corrected chi connectivity index (χ2v) is 7.33. The molecule has 1 aromatic heterocycles. The standard InChI is InChI=1S/C15H11Cl2NO2S/c1-10-2-5-12(6-3-10)21(19,20)18-9-8-11-4-7-13(16)14(17)15(11)18/h2-9H,1H3. The molecule has 0 saturated carbocycles. The topological polar surface area (TPSA) is 39.1 Å². The smallest absolute Gasteiger partial charge is 0.240 e. The van der Waals surface area contributed by atoms with Crippen LogP contribution in [-0.4, -0.2) is 12.4 Å². The molecule has 3 aromatic rings. The second-order valence-electron chi connectivity index (χ2n) is 4.73. The predicted molar refractivity (Wildman–Crippen MR) is 85.7 cm³/mol. The highest BCUT2D eigenvalue weighted by Gasteiger charge is 2.21. The van der Waals surface area contributed by atoms with Crippen LogP contribution in [0.25, 0.3) is 10.9 Å². The highest BCUT2D eigenvalue weighted by molar-refractivity contribution is 7.90. The Morgan fingerprint density at radius 3 is 2.29 bits per heavy atom. The minimum absolute atomic E-state index is 0.210. The maximum Gasteiger partial charge on any atom is 0.268 e. The van der Waals surface area contributed by atoms with E-state index in [9.17, 15) is 8.42 Å². The van der Waals surface area contributed by atoms with Gasteiger partial charge in [-0.1, -0.05) is 47.0 Å². The van der Waals surface area contributed by atoms with Gasteiger partial charge in [0.15, 0.2) is 0 Å². The van der Waals surface area contributed by atoms with Gasteiger partial charge in [0, 0.05) is 11.6 Å². The zero-order valence-corrected chi connectivity index (χ0v) is 13.4. The molecule has 0 unspecified atom stereocenters. The van der Waals surface area contributed by atoms with Crippen molar-refractivity contribution in [2.75, 3.05) is 0 Å². The summed E-state index contributed by atoms with van der Waals surface area (Å²) in [6, 6.07) is 11.8. The molecule has 108 valence electrons. The van der Waals surface area contributed by atoms with Crippen molar-refractivity contribution in [2.45, 2.75) is 11.8 Å². The molecule has 21 heavy (non-hydrogen) atoms. The van der Waals surface area contributed by atoms with Crippen LogP contribution in [0, 0.1) is 6.92 Å². The molecule has 0 aliphatic rings. The van der Waals surface area contributed by atoms with Crippen molar-refractivity contribution >= 4 is 44.1 Å². The number of nitrogens with zero attached hydrogens (tertiary/aromatic N) is 1. The van der Waals surface area contributed by atoms with Crippen molar-refractivity contribution in [2.24, 2.45) is 0 Å². The van der Waals surface area contributed by atoms with Crippen LogP contribution in [0.1, 0.15) is 5.56 Å². The third-order valence-electron chi connectivity index (χ3n) is 3.29. The van der Waals surface area contributed by atoms with E-state index in [0.717, 1.165) is 10.9 Å². The van der Waals surface area contributed by atoms with E-state index in [0.29, 0.717) is 10.5 Å². The summed E-state index contributed by atoms with van der Waals surface area (Å²) in [6.45, 7) is 1.90. The molecule has 0 bridgehead atoms. The SMILES string of the molecule is Cc1ccc(S(=O)(=O)n2ccc3ccc(Cl)c(Cl)c32)cc1. The van der Waals surface area contributed by atoms with Gasteiger partial charge in [0.05, 0.1) is 20.5 Å². The van der Waals surface area contributed by atoms with Gasteiger partial charge in [0.2, 0.25) is 0 Å². The van der Waals surface area contributed by atoms with Crippen LogP contribution >= 0.6 is 23.2 Å². The molecule has 0 aliphatic carbocycles. The zero-order valence-electron chi connectivity index (χ0n) is 11.0. The Labute approximate surface area is 132 Å². The Hall–Kier alpha value is -1.49. The summed E-state index contributed by atoms with van der Waals surface area (Å²) in [5.74, 6) is 0. The van der Waals surface area contributed by atoms with Crippen LogP contribution in [0.2, 0.25) is 10.0 Å². The number of aromatic nitrogens is 1. The van der Waals surface area contributed by atoms with Crippen molar-refractivity contribution in [3.63, 3.8) is 0 Å². The van der Waals surface area contributed by atoms with Crippen molar-refractivity contribution in [1.29, 1.82) is 0 Å². The van der Waals surface area contributed by atoms with E-state index in [4.69, 9.17) is 23.2 Å². The predicted octanol–water partition coefficient (Wildman–Crippen LogP) is 4.49. The summed E-state index contributed by atoms with van der Waals surface area (Å²) in [5, 5.41) is 1.28. The molecule has 1 heterocycles. The molecule has 0 saturated heterocycles. The van der Waals surface area contributed by atoms with E-state index < -0.39 is 10.0 Å². The van der Waals surface area contributed by atoms with E-state index in [-0.39, 0.29) is 9.92 Å². The Bertz CT molecular complexity index is 928. The molecule has 2 aromatic carbocycles. The summed E-state index contributed by atoms with van der Waals surface area (Å²) in [4.78, 5) is 0.210. The fourth-order valence-electron chi connectivity index (χ4n) is 2.16. The molecule has 0 aliphatic heterocycles. The quantitative estimate of drug-likeness (QED) is 0.689. The number of aryl methyl sites for hydroxylation is 1. The normalized spacial score (nSPS) is 12.0. The first-order valence-corrected chi connectivity index (χ1v) is 8.38. The minimum Gasteiger partial charge on any atom is -0.240 e. The number of hydrogen-bond donors (Lipinski definition) is 0. The lowest BCUT2D eigenvalue weighted by molar-refractivity contribution is 0.589. The van der Waals surface area contributed by atoms with Crippen molar-refractivity contribution in [1.82, 2.24) is 3.97 Å². The Balaban J connectivity index is 2.29. The number of hydrogen-bond acceptors (Lipinski definition) is 2. The minimum atomic E-state index is -3.70. The van der Waals surface area contributed by atoms with E-state index in [1.807, 2.05) is 6.92 Å². The molecule has 0 fully saturated rings. The van der Waals surface area contributed by atoms with Gasteiger partial charge >= 0.3 is 0 Å². The summed E-state index contributed by atoms with van der Waals surface area (Å²) in [5.41, 5.74) is 1.39. The van der Waals surface area contributed by atoms with Gasteiger partial charge in [0.25, 0.3) is 10.0 Å². The van der Waals surface area contributed by atoms with Gasteiger partial charge in [-0.05, 0) is 31.2 Å². The van der Waals surface area contributed by atoms with E-state index >= 15 is 0 Å². The molecule has 3 nitrogen and oxygen atoms in total. The van der Waals surface area contributed by atoms with Crippen molar-refractivity contribution < 1.29 is 8.42 Å². The molecule has 6 heteroatoms. The van der Waals surface area contributed by atoms with Crippen LogP contribution in [0.4, 0.5) is 0 Å². The van der Waals surface area contributed by atoms with Gasteiger partial charge in [-0.2, -0.15) is 0 Å². The Morgan fingerprint density at radius 1 is 0.952 bits per heavy atom. The largest absolute Gasteiger partial charge is 0.268 e. The first-order chi connectivity index (χ1) is 9.91. The summed E-state index contributed by atoms with van der Waals surface area (Å²) in [6.07, 6.45) is 1.49. The van der Waals surface area contributed by atoms with Crippen molar-refractivity contribution in [3.05, 3.63) is 64.3 Å². The average molecular weight is 340 g/mol. The van der Waals surface area contributed by atoms with E-state index in [1.165, 1.54) is 10.2 Å². The lowest BCUT2D eigenvalue weighted by Crippen LogP contribution is -2.12.